The maximum absolute atomic E-state index is 13.1. The highest BCUT2D eigenvalue weighted by Crippen LogP contribution is 2.16. The first-order valence-electron chi connectivity index (χ1n) is 9.70. The predicted octanol–water partition coefficient (Wildman–Crippen LogP) is 4.16. The summed E-state index contributed by atoms with van der Waals surface area (Å²) < 4.78 is 2.04. The normalized spacial score (nSPS) is 12.0. The van der Waals surface area contributed by atoms with Gasteiger partial charge in [0.05, 0.1) is 11.4 Å². The van der Waals surface area contributed by atoms with Gasteiger partial charge in [-0.2, -0.15) is 0 Å². The zero-order chi connectivity index (χ0) is 19.8. The van der Waals surface area contributed by atoms with E-state index in [-0.39, 0.29) is 24.4 Å². The average Bonchev–Trinajstić information content (AvgIpc) is 3.34. The number of amides is 2. The van der Waals surface area contributed by atoms with Crippen LogP contribution in [-0.2, 0) is 18.4 Å². The van der Waals surface area contributed by atoms with Crippen molar-refractivity contribution >= 4 is 23.2 Å². The van der Waals surface area contributed by atoms with Crippen LogP contribution in [0.1, 0.15) is 55.4 Å². The van der Waals surface area contributed by atoms with Crippen LogP contribution in [0, 0.1) is 0 Å². The minimum atomic E-state index is -0.0537. The Bertz CT molecular complexity index is 724. The molecule has 148 valence electrons. The van der Waals surface area contributed by atoms with E-state index in [1.807, 2.05) is 66.2 Å². The van der Waals surface area contributed by atoms with Crippen molar-refractivity contribution in [1.29, 1.82) is 0 Å². The van der Waals surface area contributed by atoms with E-state index in [4.69, 9.17) is 0 Å². The second kappa shape index (κ2) is 10.3. The van der Waals surface area contributed by atoms with Crippen LogP contribution in [0.25, 0.3) is 0 Å². The third-order valence-corrected chi connectivity index (χ3v) is 5.82. The molecule has 0 radical (unpaired) electrons. The number of rotatable bonds is 10. The van der Waals surface area contributed by atoms with Gasteiger partial charge in [0.15, 0.2) is 0 Å². The van der Waals surface area contributed by atoms with Gasteiger partial charge in [-0.15, -0.1) is 11.3 Å². The van der Waals surface area contributed by atoms with Crippen molar-refractivity contribution in [3.8, 4) is 0 Å². The standard InChI is InChI=1S/C21H31N3O2S/c1-5-7-13-23(15-18-10-8-12-22(18)4)20(25)16-24(17(3)6-2)21(26)19-11-9-14-27-19/h8-12,14,17H,5-7,13,15-16H2,1-4H3. The smallest absolute Gasteiger partial charge is 0.264 e. The Morgan fingerprint density at radius 2 is 2.00 bits per heavy atom. The van der Waals surface area contributed by atoms with E-state index in [9.17, 15) is 9.59 Å². The second-order valence-corrected chi connectivity index (χ2v) is 7.89. The highest BCUT2D eigenvalue weighted by atomic mass is 32.1. The molecule has 0 saturated heterocycles. The molecule has 2 amide bonds. The number of carbonyl (C=O) groups is 2. The minimum absolute atomic E-state index is 0.00913. The molecule has 0 aliphatic carbocycles. The predicted molar refractivity (Wildman–Crippen MR) is 111 cm³/mol. The van der Waals surface area contributed by atoms with Crippen LogP contribution in [0.2, 0.25) is 0 Å². The maximum Gasteiger partial charge on any atom is 0.264 e. The molecule has 2 heterocycles. The van der Waals surface area contributed by atoms with Gasteiger partial charge in [-0.1, -0.05) is 26.3 Å². The first-order valence-corrected chi connectivity index (χ1v) is 10.6. The highest BCUT2D eigenvalue weighted by molar-refractivity contribution is 7.12. The van der Waals surface area contributed by atoms with Crippen molar-refractivity contribution in [3.05, 3.63) is 46.4 Å². The zero-order valence-corrected chi connectivity index (χ0v) is 17.7. The molecule has 2 rings (SSSR count). The lowest BCUT2D eigenvalue weighted by atomic mass is 10.2. The average molecular weight is 390 g/mol. The first-order chi connectivity index (χ1) is 13.0. The third kappa shape index (κ3) is 5.70. The molecule has 0 spiro atoms. The molecule has 0 fully saturated rings. The van der Waals surface area contributed by atoms with Crippen LogP contribution in [-0.4, -0.2) is 45.3 Å². The largest absolute Gasteiger partial charge is 0.353 e. The van der Waals surface area contributed by atoms with Crippen LogP contribution in [0.4, 0.5) is 0 Å². The molecule has 2 aromatic rings. The summed E-state index contributed by atoms with van der Waals surface area (Å²) in [6.45, 7) is 7.58. The molecule has 6 heteroatoms. The number of aromatic nitrogens is 1. The Labute approximate surface area is 166 Å². The number of carbonyl (C=O) groups excluding carboxylic acids is 2. The molecule has 1 atom stereocenters. The Hall–Kier alpha value is -2.08. The molecular weight excluding hydrogens is 358 g/mol. The number of hydrogen-bond donors (Lipinski definition) is 0. The summed E-state index contributed by atoms with van der Waals surface area (Å²) in [6.07, 6.45) is 4.79. The number of hydrogen-bond acceptors (Lipinski definition) is 3. The van der Waals surface area contributed by atoms with E-state index in [1.54, 1.807) is 4.90 Å². The molecule has 0 aliphatic rings. The van der Waals surface area contributed by atoms with E-state index >= 15 is 0 Å². The quantitative estimate of drug-likeness (QED) is 0.613. The SMILES string of the molecule is CCCCN(Cc1cccn1C)C(=O)CN(C(=O)c1cccs1)C(C)CC. The second-order valence-electron chi connectivity index (χ2n) is 6.95. The molecular formula is C21H31N3O2S. The van der Waals surface area contributed by atoms with Crippen LogP contribution in [0.5, 0.6) is 0 Å². The molecule has 0 N–H and O–H groups in total. The summed E-state index contributed by atoms with van der Waals surface area (Å²) in [5.74, 6) is -0.0446. The van der Waals surface area contributed by atoms with E-state index in [1.165, 1.54) is 11.3 Å². The van der Waals surface area contributed by atoms with Crippen LogP contribution in [0.15, 0.2) is 35.8 Å². The number of aryl methyl sites for hydroxylation is 1. The number of unbranched alkanes of at least 4 members (excludes halogenated alkanes) is 1. The third-order valence-electron chi connectivity index (χ3n) is 4.96. The van der Waals surface area contributed by atoms with E-state index in [2.05, 4.69) is 6.92 Å². The lowest BCUT2D eigenvalue weighted by molar-refractivity contribution is -0.133. The molecule has 27 heavy (non-hydrogen) atoms. The van der Waals surface area contributed by atoms with Gasteiger partial charge in [0, 0.05) is 31.5 Å². The van der Waals surface area contributed by atoms with Crippen LogP contribution < -0.4 is 0 Å². The van der Waals surface area contributed by atoms with Gasteiger partial charge in [-0.05, 0) is 43.3 Å². The monoisotopic (exact) mass is 389 g/mol. The van der Waals surface area contributed by atoms with Crippen molar-refractivity contribution in [3.63, 3.8) is 0 Å². The zero-order valence-electron chi connectivity index (χ0n) is 16.9. The lowest BCUT2D eigenvalue weighted by Gasteiger charge is -2.31. The molecule has 2 aromatic heterocycles. The van der Waals surface area contributed by atoms with Gasteiger partial charge in [-0.25, -0.2) is 0 Å². The molecule has 5 nitrogen and oxygen atoms in total. The Kier molecular flexibility index (Phi) is 8.10. The fourth-order valence-electron chi connectivity index (χ4n) is 2.93. The van der Waals surface area contributed by atoms with Gasteiger partial charge < -0.3 is 14.4 Å². The van der Waals surface area contributed by atoms with Gasteiger partial charge >= 0.3 is 0 Å². The first kappa shape index (κ1) is 21.2. The highest BCUT2D eigenvalue weighted by Gasteiger charge is 2.26. The Morgan fingerprint density at radius 3 is 2.56 bits per heavy atom. The summed E-state index contributed by atoms with van der Waals surface area (Å²) in [7, 11) is 1.99. The van der Waals surface area contributed by atoms with Crippen molar-refractivity contribution in [2.45, 2.75) is 52.6 Å². The summed E-state index contributed by atoms with van der Waals surface area (Å²) in [6, 6.07) is 7.74. The molecule has 0 saturated carbocycles. The van der Waals surface area contributed by atoms with E-state index in [0.717, 1.165) is 25.0 Å². The summed E-state index contributed by atoms with van der Waals surface area (Å²) >= 11 is 1.42. The topological polar surface area (TPSA) is 45.6 Å². The fraction of sp³-hybridized carbons (Fsp3) is 0.524. The lowest BCUT2D eigenvalue weighted by Crippen LogP contribution is -2.46. The van der Waals surface area contributed by atoms with E-state index < -0.39 is 0 Å². The Balaban J connectivity index is 2.15. The van der Waals surface area contributed by atoms with Crippen LogP contribution >= 0.6 is 11.3 Å². The number of thiophene rings is 1. The Morgan fingerprint density at radius 1 is 1.22 bits per heavy atom. The van der Waals surface area contributed by atoms with E-state index in [0.29, 0.717) is 18.0 Å². The molecule has 0 aliphatic heterocycles. The van der Waals surface area contributed by atoms with Gasteiger partial charge in [0.2, 0.25) is 5.91 Å². The van der Waals surface area contributed by atoms with Crippen molar-refractivity contribution in [1.82, 2.24) is 14.4 Å². The molecule has 1 unspecified atom stereocenters. The fourth-order valence-corrected chi connectivity index (χ4v) is 3.61. The molecule has 0 bridgehead atoms. The summed E-state index contributed by atoms with van der Waals surface area (Å²) in [4.78, 5) is 30.3. The van der Waals surface area contributed by atoms with Crippen molar-refractivity contribution in [2.75, 3.05) is 13.1 Å². The van der Waals surface area contributed by atoms with Gasteiger partial charge in [0.25, 0.3) is 5.91 Å². The van der Waals surface area contributed by atoms with Crippen molar-refractivity contribution in [2.24, 2.45) is 7.05 Å². The summed E-state index contributed by atoms with van der Waals surface area (Å²) in [5, 5.41) is 1.90. The van der Waals surface area contributed by atoms with Crippen molar-refractivity contribution < 1.29 is 9.59 Å². The van der Waals surface area contributed by atoms with Gasteiger partial charge in [0.1, 0.15) is 6.54 Å². The number of nitrogens with zero attached hydrogens (tertiary/aromatic N) is 3. The molecule has 0 aromatic carbocycles. The van der Waals surface area contributed by atoms with Gasteiger partial charge in [-0.3, -0.25) is 9.59 Å². The minimum Gasteiger partial charge on any atom is -0.353 e. The summed E-state index contributed by atoms with van der Waals surface area (Å²) in [5.41, 5.74) is 1.10. The van der Waals surface area contributed by atoms with Crippen LogP contribution in [0.3, 0.4) is 0 Å². The maximum atomic E-state index is 13.1.